The van der Waals surface area contributed by atoms with E-state index in [0.717, 1.165) is 0 Å². The number of nitrogens with zero attached hydrogens (tertiary/aromatic N) is 1. The molecule has 2 heterocycles. The molecule has 1 fully saturated rings. The zero-order valence-corrected chi connectivity index (χ0v) is 8.16. The number of aromatic amines is 1. The molecule has 0 saturated carbocycles. The SMILES string of the molecule is Cc1c(C)c(=O)n(CC2CO2)[nH]c1=O. The molecule has 1 aliphatic heterocycles. The summed E-state index contributed by atoms with van der Waals surface area (Å²) in [6.45, 7) is 4.42. The first-order valence-electron chi connectivity index (χ1n) is 4.51. The number of aromatic nitrogens is 2. The van der Waals surface area contributed by atoms with Crippen LogP contribution in [0.4, 0.5) is 0 Å². The molecule has 0 spiro atoms. The maximum absolute atomic E-state index is 11.6. The molecule has 0 aromatic carbocycles. The molecule has 76 valence electrons. The van der Waals surface area contributed by atoms with Gasteiger partial charge in [0.1, 0.15) is 6.10 Å². The molecule has 1 aliphatic rings. The average Bonchev–Trinajstić information content (AvgIpc) is 2.94. The molecule has 2 rings (SSSR count). The predicted octanol–water partition coefficient (Wildman–Crippen LogP) is -0.448. The van der Waals surface area contributed by atoms with Gasteiger partial charge < -0.3 is 4.74 Å². The summed E-state index contributed by atoms with van der Waals surface area (Å²) in [6, 6.07) is 0. The van der Waals surface area contributed by atoms with Gasteiger partial charge in [-0.1, -0.05) is 0 Å². The highest BCUT2D eigenvalue weighted by molar-refractivity contribution is 5.17. The summed E-state index contributed by atoms with van der Waals surface area (Å²) in [5.74, 6) is 0. The van der Waals surface area contributed by atoms with Crippen molar-refractivity contribution < 1.29 is 4.74 Å². The third kappa shape index (κ3) is 1.50. The Hall–Kier alpha value is -1.36. The van der Waals surface area contributed by atoms with E-state index >= 15 is 0 Å². The van der Waals surface area contributed by atoms with E-state index in [4.69, 9.17) is 4.74 Å². The van der Waals surface area contributed by atoms with E-state index in [1.807, 2.05) is 0 Å². The summed E-state index contributed by atoms with van der Waals surface area (Å²) in [7, 11) is 0. The topological polar surface area (TPSA) is 67.4 Å². The van der Waals surface area contributed by atoms with E-state index < -0.39 is 0 Å². The lowest BCUT2D eigenvalue weighted by Crippen LogP contribution is -2.34. The van der Waals surface area contributed by atoms with Crippen molar-refractivity contribution in [2.75, 3.05) is 6.61 Å². The molecule has 0 bridgehead atoms. The van der Waals surface area contributed by atoms with Crippen LogP contribution in [0.15, 0.2) is 9.59 Å². The van der Waals surface area contributed by atoms with Crippen LogP contribution in [0.3, 0.4) is 0 Å². The highest BCUT2D eigenvalue weighted by Crippen LogP contribution is 2.09. The first-order valence-corrected chi connectivity index (χ1v) is 4.51. The smallest absolute Gasteiger partial charge is 0.268 e. The Morgan fingerprint density at radius 2 is 2.07 bits per heavy atom. The average molecular weight is 196 g/mol. The predicted molar refractivity (Wildman–Crippen MR) is 50.5 cm³/mol. The van der Waals surface area contributed by atoms with Gasteiger partial charge in [0.2, 0.25) is 0 Å². The molecule has 0 amide bonds. The van der Waals surface area contributed by atoms with Gasteiger partial charge >= 0.3 is 0 Å². The highest BCUT2D eigenvalue weighted by Gasteiger charge is 2.24. The molecule has 1 atom stereocenters. The molecule has 1 unspecified atom stereocenters. The second kappa shape index (κ2) is 3.09. The second-order valence-electron chi connectivity index (χ2n) is 3.56. The summed E-state index contributed by atoms with van der Waals surface area (Å²) in [6.07, 6.45) is 0.0884. The van der Waals surface area contributed by atoms with E-state index in [1.165, 1.54) is 4.68 Å². The van der Waals surface area contributed by atoms with Gasteiger partial charge in [-0.2, -0.15) is 0 Å². The van der Waals surface area contributed by atoms with E-state index in [0.29, 0.717) is 24.3 Å². The highest BCUT2D eigenvalue weighted by atomic mass is 16.6. The van der Waals surface area contributed by atoms with E-state index in [1.54, 1.807) is 13.8 Å². The van der Waals surface area contributed by atoms with Crippen molar-refractivity contribution in [3.8, 4) is 0 Å². The van der Waals surface area contributed by atoms with E-state index in [-0.39, 0.29) is 17.2 Å². The lowest BCUT2D eigenvalue weighted by molar-refractivity contribution is 0.366. The van der Waals surface area contributed by atoms with Crippen LogP contribution in [0, 0.1) is 13.8 Å². The number of hydrogen-bond donors (Lipinski definition) is 1. The summed E-state index contributed by atoms with van der Waals surface area (Å²) in [5.41, 5.74) is 0.651. The minimum atomic E-state index is -0.206. The van der Waals surface area contributed by atoms with Crippen LogP contribution in [-0.4, -0.2) is 22.5 Å². The van der Waals surface area contributed by atoms with Crippen molar-refractivity contribution in [2.24, 2.45) is 0 Å². The van der Waals surface area contributed by atoms with Gasteiger partial charge in [-0.25, -0.2) is 4.68 Å². The minimum absolute atomic E-state index is 0.0884. The maximum Gasteiger partial charge on any atom is 0.268 e. The summed E-state index contributed by atoms with van der Waals surface area (Å²) in [5, 5.41) is 2.52. The van der Waals surface area contributed by atoms with Crippen LogP contribution >= 0.6 is 0 Å². The van der Waals surface area contributed by atoms with Crippen molar-refractivity contribution >= 4 is 0 Å². The van der Waals surface area contributed by atoms with Gasteiger partial charge in [0.05, 0.1) is 13.2 Å². The number of H-pyrrole nitrogens is 1. The van der Waals surface area contributed by atoms with Crippen molar-refractivity contribution in [2.45, 2.75) is 26.5 Å². The lowest BCUT2D eigenvalue weighted by Gasteiger charge is -2.05. The summed E-state index contributed by atoms with van der Waals surface area (Å²) < 4.78 is 6.32. The van der Waals surface area contributed by atoms with Crippen molar-refractivity contribution in [1.29, 1.82) is 0 Å². The zero-order valence-electron chi connectivity index (χ0n) is 8.16. The fourth-order valence-corrected chi connectivity index (χ4v) is 1.30. The second-order valence-corrected chi connectivity index (χ2v) is 3.56. The lowest BCUT2D eigenvalue weighted by atomic mass is 10.2. The maximum atomic E-state index is 11.6. The van der Waals surface area contributed by atoms with Gasteiger partial charge in [0, 0.05) is 11.1 Å². The Balaban J connectivity index is 2.49. The molecule has 0 radical (unpaired) electrons. The van der Waals surface area contributed by atoms with Crippen LogP contribution in [0.1, 0.15) is 11.1 Å². The number of hydrogen-bond acceptors (Lipinski definition) is 3. The monoisotopic (exact) mass is 196 g/mol. The van der Waals surface area contributed by atoms with Crippen LogP contribution < -0.4 is 11.1 Å². The third-order valence-electron chi connectivity index (χ3n) is 2.49. The van der Waals surface area contributed by atoms with Gasteiger partial charge in [-0.15, -0.1) is 0 Å². The van der Waals surface area contributed by atoms with E-state index in [9.17, 15) is 9.59 Å². The molecule has 1 saturated heterocycles. The van der Waals surface area contributed by atoms with Crippen LogP contribution in [-0.2, 0) is 11.3 Å². The molecule has 1 aromatic rings. The van der Waals surface area contributed by atoms with Crippen molar-refractivity contribution in [1.82, 2.24) is 9.78 Å². The Morgan fingerprint density at radius 1 is 1.43 bits per heavy atom. The summed E-state index contributed by atoms with van der Waals surface area (Å²) >= 11 is 0. The molecule has 14 heavy (non-hydrogen) atoms. The fourth-order valence-electron chi connectivity index (χ4n) is 1.30. The Bertz CT molecular complexity index is 468. The third-order valence-corrected chi connectivity index (χ3v) is 2.49. The molecular weight excluding hydrogens is 184 g/mol. The molecule has 5 heteroatoms. The summed E-state index contributed by atoms with van der Waals surface area (Å²) in [4.78, 5) is 23.0. The normalized spacial score (nSPS) is 19.7. The molecule has 0 aliphatic carbocycles. The van der Waals surface area contributed by atoms with Crippen LogP contribution in [0.5, 0.6) is 0 Å². The number of rotatable bonds is 2. The van der Waals surface area contributed by atoms with Crippen LogP contribution in [0.25, 0.3) is 0 Å². The molecule has 1 aromatic heterocycles. The number of epoxide rings is 1. The van der Waals surface area contributed by atoms with Crippen LogP contribution in [0.2, 0.25) is 0 Å². The molecule has 1 N–H and O–H groups in total. The largest absolute Gasteiger partial charge is 0.371 e. The van der Waals surface area contributed by atoms with Gasteiger partial charge in [0.15, 0.2) is 0 Å². The standard InChI is InChI=1S/C9H12N2O3/c1-5-6(2)9(13)11(10-8(5)12)3-7-4-14-7/h7H,3-4H2,1-2H3,(H,10,12). The minimum Gasteiger partial charge on any atom is -0.371 e. The van der Waals surface area contributed by atoms with Gasteiger partial charge in [0.25, 0.3) is 11.1 Å². The van der Waals surface area contributed by atoms with Crippen molar-refractivity contribution in [3.05, 3.63) is 31.8 Å². The Kier molecular flexibility index (Phi) is 2.03. The molecular formula is C9H12N2O3. The number of ether oxygens (including phenoxy) is 1. The molecule has 5 nitrogen and oxygen atoms in total. The number of nitrogens with one attached hydrogen (secondary N) is 1. The Labute approximate surface area is 80.3 Å². The fraction of sp³-hybridized carbons (Fsp3) is 0.556. The van der Waals surface area contributed by atoms with Gasteiger partial charge in [-0.3, -0.25) is 14.7 Å². The van der Waals surface area contributed by atoms with E-state index in [2.05, 4.69) is 5.10 Å². The Morgan fingerprint density at radius 3 is 2.64 bits per heavy atom. The van der Waals surface area contributed by atoms with Gasteiger partial charge in [-0.05, 0) is 13.8 Å². The zero-order chi connectivity index (χ0) is 10.3. The first-order chi connectivity index (χ1) is 6.59. The quantitative estimate of drug-likeness (QED) is 0.651. The van der Waals surface area contributed by atoms with Crippen molar-refractivity contribution in [3.63, 3.8) is 0 Å². The first kappa shape index (κ1) is 9.21.